The molecule has 5 nitrogen and oxygen atoms in total. The minimum Gasteiger partial charge on any atom is -0.493 e. The molecule has 2 rings (SSSR count). The van der Waals surface area contributed by atoms with Crippen LogP contribution in [0.25, 0.3) is 0 Å². The SMILES string of the molecule is CCCOc1ccccc1C(=O)OCc1ccccc1OC(C)=O. The lowest BCUT2D eigenvalue weighted by molar-refractivity contribution is -0.131. The molecule has 0 unspecified atom stereocenters. The van der Waals surface area contributed by atoms with Crippen LogP contribution in [0.5, 0.6) is 11.5 Å². The van der Waals surface area contributed by atoms with Gasteiger partial charge in [-0.1, -0.05) is 37.3 Å². The number of rotatable bonds is 7. The second-order valence-corrected chi connectivity index (χ2v) is 5.12. The zero-order valence-electron chi connectivity index (χ0n) is 13.8. The lowest BCUT2D eigenvalue weighted by Gasteiger charge is -2.12. The molecule has 0 aromatic heterocycles. The van der Waals surface area contributed by atoms with Crippen molar-refractivity contribution in [2.75, 3.05) is 6.61 Å². The van der Waals surface area contributed by atoms with Gasteiger partial charge in [0.15, 0.2) is 0 Å². The molecule has 5 heteroatoms. The standard InChI is InChI=1S/C19H20O5/c1-3-12-22-18-11-7-5-9-16(18)19(21)23-13-15-8-4-6-10-17(15)24-14(2)20/h4-11H,3,12-13H2,1-2H3. The van der Waals surface area contributed by atoms with Crippen molar-refractivity contribution < 1.29 is 23.8 Å². The monoisotopic (exact) mass is 328 g/mol. The molecule has 0 radical (unpaired) electrons. The molecule has 24 heavy (non-hydrogen) atoms. The first-order valence-electron chi connectivity index (χ1n) is 7.77. The van der Waals surface area contributed by atoms with Gasteiger partial charge in [-0.15, -0.1) is 0 Å². The largest absolute Gasteiger partial charge is 0.493 e. The van der Waals surface area contributed by atoms with Crippen molar-refractivity contribution in [3.63, 3.8) is 0 Å². The van der Waals surface area contributed by atoms with E-state index in [1.54, 1.807) is 48.5 Å². The first-order chi connectivity index (χ1) is 11.6. The third-order valence-electron chi connectivity index (χ3n) is 3.15. The van der Waals surface area contributed by atoms with Gasteiger partial charge in [-0.2, -0.15) is 0 Å². The second kappa shape index (κ2) is 8.72. The fraction of sp³-hybridized carbons (Fsp3) is 0.263. The van der Waals surface area contributed by atoms with Gasteiger partial charge in [0.05, 0.1) is 6.61 Å². The third kappa shape index (κ3) is 4.84. The number of ether oxygens (including phenoxy) is 3. The summed E-state index contributed by atoms with van der Waals surface area (Å²) in [5, 5.41) is 0. The van der Waals surface area contributed by atoms with Crippen LogP contribution in [0.1, 0.15) is 36.2 Å². The van der Waals surface area contributed by atoms with Gasteiger partial charge in [-0.25, -0.2) is 4.79 Å². The summed E-state index contributed by atoms with van der Waals surface area (Å²) in [5.41, 5.74) is 0.990. The molecule has 0 saturated heterocycles. The smallest absolute Gasteiger partial charge is 0.342 e. The van der Waals surface area contributed by atoms with Gasteiger partial charge >= 0.3 is 11.9 Å². The van der Waals surface area contributed by atoms with Gasteiger partial charge in [0.1, 0.15) is 23.7 Å². The highest BCUT2D eigenvalue weighted by molar-refractivity contribution is 5.92. The van der Waals surface area contributed by atoms with Gasteiger partial charge < -0.3 is 14.2 Å². The van der Waals surface area contributed by atoms with Crippen LogP contribution >= 0.6 is 0 Å². The zero-order valence-corrected chi connectivity index (χ0v) is 13.8. The fourth-order valence-corrected chi connectivity index (χ4v) is 2.07. The molecular weight excluding hydrogens is 308 g/mol. The van der Waals surface area contributed by atoms with Crippen LogP contribution in [0, 0.1) is 0 Å². The Morgan fingerprint density at radius 3 is 2.33 bits per heavy atom. The van der Waals surface area contributed by atoms with Crippen LogP contribution in [-0.4, -0.2) is 18.5 Å². The molecule has 0 bridgehead atoms. The summed E-state index contributed by atoms with van der Waals surface area (Å²) in [6, 6.07) is 13.9. The molecule has 0 atom stereocenters. The summed E-state index contributed by atoms with van der Waals surface area (Å²) in [7, 11) is 0. The first kappa shape index (κ1) is 17.5. The zero-order chi connectivity index (χ0) is 17.4. The maximum atomic E-state index is 12.3. The van der Waals surface area contributed by atoms with Crippen molar-refractivity contribution in [1.29, 1.82) is 0 Å². The minimum absolute atomic E-state index is 0.00436. The van der Waals surface area contributed by atoms with Gasteiger partial charge in [0.2, 0.25) is 0 Å². The molecule has 0 amide bonds. The summed E-state index contributed by atoms with van der Waals surface area (Å²) in [5.74, 6) is -0.0302. The lowest BCUT2D eigenvalue weighted by Crippen LogP contribution is -2.10. The number of carbonyl (C=O) groups is 2. The van der Waals surface area contributed by atoms with Crippen molar-refractivity contribution in [2.24, 2.45) is 0 Å². The molecular formula is C19H20O5. The van der Waals surface area contributed by atoms with E-state index in [1.807, 2.05) is 6.92 Å². The molecule has 126 valence electrons. The van der Waals surface area contributed by atoms with E-state index in [1.165, 1.54) is 6.92 Å². The first-order valence-corrected chi connectivity index (χ1v) is 7.77. The highest BCUT2D eigenvalue weighted by Crippen LogP contribution is 2.22. The minimum atomic E-state index is -0.487. The van der Waals surface area contributed by atoms with Crippen LogP contribution in [0.15, 0.2) is 48.5 Å². The summed E-state index contributed by atoms with van der Waals surface area (Å²) >= 11 is 0. The molecule has 0 aliphatic carbocycles. The lowest BCUT2D eigenvalue weighted by atomic mass is 10.2. The van der Waals surface area contributed by atoms with E-state index in [0.717, 1.165) is 6.42 Å². The third-order valence-corrected chi connectivity index (χ3v) is 3.15. The van der Waals surface area contributed by atoms with Gasteiger partial charge in [0, 0.05) is 12.5 Å². The number of hydrogen-bond acceptors (Lipinski definition) is 5. The summed E-state index contributed by atoms with van der Waals surface area (Å²) in [4.78, 5) is 23.4. The quantitative estimate of drug-likeness (QED) is 0.572. The predicted octanol–water partition coefficient (Wildman–Crippen LogP) is 3.76. The number of carbonyl (C=O) groups excluding carboxylic acids is 2. The van der Waals surface area contributed by atoms with E-state index in [0.29, 0.717) is 29.2 Å². The van der Waals surface area contributed by atoms with Crippen molar-refractivity contribution in [1.82, 2.24) is 0 Å². The Bertz CT molecular complexity index is 708. The van der Waals surface area contributed by atoms with Gasteiger partial charge in [0.25, 0.3) is 0 Å². The predicted molar refractivity (Wildman–Crippen MR) is 89.1 cm³/mol. The molecule has 0 spiro atoms. The molecule has 0 saturated carbocycles. The van der Waals surface area contributed by atoms with Crippen molar-refractivity contribution in [2.45, 2.75) is 26.9 Å². The second-order valence-electron chi connectivity index (χ2n) is 5.12. The molecule has 0 N–H and O–H groups in total. The Morgan fingerprint density at radius 1 is 0.958 bits per heavy atom. The normalized spacial score (nSPS) is 10.1. The van der Waals surface area contributed by atoms with E-state index in [4.69, 9.17) is 14.2 Å². The van der Waals surface area contributed by atoms with Crippen LogP contribution in [-0.2, 0) is 16.1 Å². The Labute approximate surface area is 141 Å². The average molecular weight is 328 g/mol. The Kier molecular flexibility index (Phi) is 6.37. The van der Waals surface area contributed by atoms with Crippen LogP contribution < -0.4 is 9.47 Å². The summed E-state index contributed by atoms with van der Waals surface area (Å²) in [6.45, 7) is 3.85. The van der Waals surface area contributed by atoms with Crippen LogP contribution in [0.4, 0.5) is 0 Å². The molecule has 0 aliphatic heterocycles. The molecule has 0 fully saturated rings. The molecule has 2 aromatic carbocycles. The highest BCUT2D eigenvalue weighted by Gasteiger charge is 2.15. The van der Waals surface area contributed by atoms with Crippen LogP contribution in [0.2, 0.25) is 0 Å². The summed E-state index contributed by atoms with van der Waals surface area (Å²) in [6.07, 6.45) is 0.846. The van der Waals surface area contributed by atoms with E-state index < -0.39 is 11.9 Å². The molecule has 0 heterocycles. The van der Waals surface area contributed by atoms with Gasteiger partial charge in [-0.3, -0.25) is 4.79 Å². The average Bonchev–Trinajstić information content (AvgIpc) is 2.58. The van der Waals surface area contributed by atoms with E-state index in [9.17, 15) is 9.59 Å². The van der Waals surface area contributed by atoms with Crippen molar-refractivity contribution in [3.05, 3.63) is 59.7 Å². The highest BCUT2D eigenvalue weighted by atomic mass is 16.5. The van der Waals surface area contributed by atoms with Crippen molar-refractivity contribution >= 4 is 11.9 Å². The molecule has 2 aromatic rings. The number of esters is 2. The molecule has 0 aliphatic rings. The summed E-state index contributed by atoms with van der Waals surface area (Å²) < 4.78 is 16.0. The van der Waals surface area contributed by atoms with Crippen LogP contribution in [0.3, 0.4) is 0 Å². The van der Waals surface area contributed by atoms with E-state index in [-0.39, 0.29) is 6.61 Å². The Hall–Kier alpha value is -2.82. The fourth-order valence-electron chi connectivity index (χ4n) is 2.07. The van der Waals surface area contributed by atoms with Gasteiger partial charge in [-0.05, 0) is 24.6 Å². The van der Waals surface area contributed by atoms with Crippen molar-refractivity contribution in [3.8, 4) is 11.5 Å². The number of hydrogen-bond donors (Lipinski definition) is 0. The van der Waals surface area contributed by atoms with E-state index in [2.05, 4.69) is 0 Å². The maximum Gasteiger partial charge on any atom is 0.342 e. The maximum absolute atomic E-state index is 12.3. The Morgan fingerprint density at radius 2 is 1.62 bits per heavy atom. The van der Waals surface area contributed by atoms with E-state index >= 15 is 0 Å². The number of para-hydroxylation sites is 2. The topological polar surface area (TPSA) is 61.8 Å². The number of benzene rings is 2. The Balaban J connectivity index is 2.08.